The lowest BCUT2D eigenvalue weighted by Crippen LogP contribution is -2.04. The van der Waals surface area contributed by atoms with E-state index in [9.17, 15) is 4.79 Å². The van der Waals surface area contributed by atoms with Gasteiger partial charge in [-0.3, -0.25) is 4.79 Å². The number of Topliss-reactive ketones (excluding diaryl/α,β-unsaturated/α-hetero) is 1. The highest BCUT2D eigenvalue weighted by molar-refractivity contribution is 9.09. The molecule has 0 aliphatic rings. The summed E-state index contributed by atoms with van der Waals surface area (Å²) in [6.45, 7) is 2.44. The van der Waals surface area contributed by atoms with Crippen molar-refractivity contribution in [3.05, 3.63) is 23.8 Å². The van der Waals surface area contributed by atoms with Crippen LogP contribution in [0, 0.1) is 0 Å². The number of thiol groups is 1. The molecule has 2 nitrogen and oxygen atoms in total. The maximum absolute atomic E-state index is 11.7. The van der Waals surface area contributed by atoms with Gasteiger partial charge in [0, 0.05) is 16.6 Å². The van der Waals surface area contributed by atoms with E-state index in [0.29, 0.717) is 29.7 Å². The number of halogens is 1. The topological polar surface area (TPSA) is 26.3 Å². The van der Waals surface area contributed by atoms with Gasteiger partial charge < -0.3 is 4.74 Å². The number of carbonyl (C=O) groups excluding carboxylic acids is 1. The van der Waals surface area contributed by atoms with E-state index in [-0.39, 0.29) is 5.78 Å². The highest BCUT2D eigenvalue weighted by Crippen LogP contribution is 2.24. The number of benzene rings is 1. The molecule has 0 amide bonds. The summed E-state index contributed by atoms with van der Waals surface area (Å²) in [5, 5.41) is 0.667. The number of rotatable bonds is 5. The minimum atomic E-state index is 0.0867. The summed E-state index contributed by atoms with van der Waals surface area (Å²) in [5.41, 5.74) is 0.633. The molecule has 15 heavy (non-hydrogen) atoms. The lowest BCUT2D eigenvalue weighted by Gasteiger charge is -2.09. The van der Waals surface area contributed by atoms with E-state index in [2.05, 4.69) is 28.6 Å². The molecule has 0 bridgehead atoms. The van der Waals surface area contributed by atoms with Crippen molar-refractivity contribution in [1.29, 1.82) is 0 Å². The molecule has 0 fully saturated rings. The second-order valence-electron chi connectivity index (χ2n) is 2.98. The summed E-state index contributed by atoms with van der Waals surface area (Å²) < 4.78 is 5.40. The Morgan fingerprint density at radius 3 is 2.87 bits per heavy atom. The molecule has 0 aliphatic heterocycles. The van der Waals surface area contributed by atoms with Crippen molar-refractivity contribution in [1.82, 2.24) is 0 Å². The Hall–Kier alpha value is -0.480. The van der Waals surface area contributed by atoms with Crippen LogP contribution in [0.3, 0.4) is 0 Å². The van der Waals surface area contributed by atoms with Gasteiger partial charge in [-0.05, 0) is 25.1 Å². The second-order valence-corrected chi connectivity index (χ2v) is 4.29. The Bertz CT molecular complexity index is 352. The lowest BCUT2D eigenvalue weighted by molar-refractivity contribution is 0.0986. The molecule has 1 aromatic rings. The summed E-state index contributed by atoms with van der Waals surface area (Å²) in [6, 6.07) is 5.33. The normalized spacial score (nSPS) is 10.1. The van der Waals surface area contributed by atoms with Crippen LogP contribution in [0.25, 0.3) is 0 Å². The van der Waals surface area contributed by atoms with Gasteiger partial charge in [0.05, 0.1) is 12.2 Å². The van der Waals surface area contributed by atoms with Crippen LogP contribution in [-0.2, 0) is 0 Å². The molecule has 0 aliphatic carbocycles. The third-order valence-electron chi connectivity index (χ3n) is 1.89. The van der Waals surface area contributed by atoms with Gasteiger partial charge in [0.2, 0.25) is 0 Å². The minimum Gasteiger partial charge on any atom is -0.493 e. The number of carbonyl (C=O) groups is 1. The van der Waals surface area contributed by atoms with Crippen molar-refractivity contribution in [3.63, 3.8) is 0 Å². The summed E-state index contributed by atoms with van der Waals surface area (Å²) in [5.74, 6) is 0.708. The Kier molecular flexibility index (Phi) is 5.19. The standard InChI is InChI=1S/C11H13BrO2S/c1-2-14-11-7-8(15)3-4-9(11)10(13)5-6-12/h3-4,7,15H,2,5-6H2,1H3. The first-order valence-electron chi connectivity index (χ1n) is 4.74. The predicted octanol–water partition coefficient (Wildman–Crippen LogP) is 3.34. The van der Waals surface area contributed by atoms with Crippen molar-refractivity contribution in [2.45, 2.75) is 18.2 Å². The van der Waals surface area contributed by atoms with Gasteiger partial charge in [-0.15, -0.1) is 12.6 Å². The molecule has 0 unspecified atom stereocenters. The smallest absolute Gasteiger partial charge is 0.167 e. The Balaban J connectivity index is 2.99. The van der Waals surface area contributed by atoms with E-state index in [1.807, 2.05) is 6.92 Å². The number of ketones is 1. The van der Waals surface area contributed by atoms with Crippen LogP contribution in [0.5, 0.6) is 5.75 Å². The molecular formula is C11H13BrO2S. The van der Waals surface area contributed by atoms with E-state index < -0.39 is 0 Å². The maximum Gasteiger partial charge on any atom is 0.167 e. The van der Waals surface area contributed by atoms with Gasteiger partial charge >= 0.3 is 0 Å². The van der Waals surface area contributed by atoms with Gasteiger partial charge in [-0.1, -0.05) is 15.9 Å². The molecule has 0 heterocycles. The van der Waals surface area contributed by atoms with Crippen molar-refractivity contribution < 1.29 is 9.53 Å². The third kappa shape index (κ3) is 3.54. The van der Waals surface area contributed by atoms with E-state index in [1.54, 1.807) is 18.2 Å². The number of alkyl halides is 1. The molecule has 0 radical (unpaired) electrons. The number of ether oxygens (including phenoxy) is 1. The molecule has 0 saturated heterocycles. The molecular weight excluding hydrogens is 276 g/mol. The van der Waals surface area contributed by atoms with Crippen LogP contribution in [-0.4, -0.2) is 17.7 Å². The average molecular weight is 289 g/mol. The van der Waals surface area contributed by atoms with Crippen molar-refractivity contribution in [2.24, 2.45) is 0 Å². The zero-order valence-electron chi connectivity index (χ0n) is 8.50. The summed E-state index contributed by atoms with van der Waals surface area (Å²) >= 11 is 7.46. The number of hydrogen-bond donors (Lipinski definition) is 1. The lowest BCUT2D eigenvalue weighted by atomic mass is 10.1. The molecule has 0 atom stereocenters. The Morgan fingerprint density at radius 2 is 2.27 bits per heavy atom. The van der Waals surface area contributed by atoms with Crippen molar-refractivity contribution in [3.8, 4) is 5.75 Å². The molecule has 1 rings (SSSR count). The fourth-order valence-electron chi connectivity index (χ4n) is 1.24. The monoisotopic (exact) mass is 288 g/mol. The SMILES string of the molecule is CCOc1cc(S)ccc1C(=O)CCBr. The van der Waals surface area contributed by atoms with E-state index in [0.717, 1.165) is 4.90 Å². The zero-order chi connectivity index (χ0) is 11.3. The fraction of sp³-hybridized carbons (Fsp3) is 0.364. The Labute approximate surface area is 104 Å². The molecule has 0 spiro atoms. The first-order valence-corrected chi connectivity index (χ1v) is 6.31. The fourth-order valence-corrected chi connectivity index (χ4v) is 1.79. The van der Waals surface area contributed by atoms with Crippen LogP contribution >= 0.6 is 28.6 Å². The maximum atomic E-state index is 11.7. The Morgan fingerprint density at radius 1 is 1.53 bits per heavy atom. The van der Waals surface area contributed by atoms with Crippen LogP contribution < -0.4 is 4.74 Å². The molecule has 0 N–H and O–H groups in total. The van der Waals surface area contributed by atoms with E-state index >= 15 is 0 Å². The summed E-state index contributed by atoms with van der Waals surface area (Å²) in [7, 11) is 0. The van der Waals surface area contributed by atoms with Gasteiger partial charge in [-0.25, -0.2) is 0 Å². The highest BCUT2D eigenvalue weighted by Gasteiger charge is 2.11. The molecule has 1 aromatic carbocycles. The first-order chi connectivity index (χ1) is 7.19. The predicted molar refractivity (Wildman–Crippen MR) is 67.6 cm³/mol. The van der Waals surface area contributed by atoms with Crippen molar-refractivity contribution >= 4 is 34.3 Å². The average Bonchev–Trinajstić information content (AvgIpc) is 2.18. The van der Waals surface area contributed by atoms with Crippen LogP contribution in [0.1, 0.15) is 23.7 Å². The van der Waals surface area contributed by atoms with Crippen molar-refractivity contribution in [2.75, 3.05) is 11.9 Å². The van der Waals surface area contributed by atoms with Crippen LogP contribution in [0.15, 0.2) is 23.1 Å². The molecule has 4 heteroatoms. The van der Waals surface area contributed by atoms with E-state index in [4.69, 9.17) is 4.74 Å². The van der Waals surface area contributed by atoms with Crippen LogP contribution in [0.2, 0.25) is 0 Å². The summed E-state index contributed by atoms with van der Waals surface area (Å²) in [6.07, 6.45) is 0.478. The first kappa shape index (κ1) is 12.6. The van der Waals surface area contributed by atoms with Gasteiger partial charge in [0.1, 0.15) is 5.75 Å². The number of hydrogen-bond acceptors (Lipinski definition) is 3. The van der Waals surface area contributed by atoms with Gasteiger partial charge in [-0.2, -0.15) is 0 Å². The molecule has 0 aromatic heterocycles. The molecule has 0 saturated carbocycles. The zero-order valence-corrected chi connectivity index (χ0v) is 11.0. The van der Waals surface area contributed by atoms with Crippen LogP contribution in [0.4, 0.5) is 0 Å². The quantitative estimate of drug-likeness (QED) is 0.511. The van der Waals surface area contributed by atoms with E-state index in [1.165, 1.54) is 0 Å². The minimum absolute atomic E-state index is 0.0867. The highest BCUT2D eigenvalue weighted by atomic mass is 79.9. The van der Waals surface area contributed by atoms with Gasteiger partial charge in [0.25, 0.3) is 0 Å². The third-order valence-corrected chi connectivity index (χ3v) is 2.56. The second kappa shape index (κ2) is 6.18. The van der Waals surface area contributed by atoms with Gasteiger partial charge in [0.15, 0.2) is 5.78 Å². The molecule has 82 valence electrons. The largest absolute Gasteiger partial charge is 0.493 e. The summed E-state index contributed by atoms with van der Waals surface area (Å²) in [4.78, 5) is 12.5.